The number of nitrogen functional groups attached to an aromatic ring is 1. The van der Waals surface area contributed by atoms with Crippen LogP contribution in [0.4, 0.5) is 19.0 Å². The number of hydrogen-bond acceptors (Lipinski definition) is 3. The van der Waals surface area contributed by atoms with Crippen LogP contribution in [0.3, 0.4) is 0 Å². The number of halogens is 3. The van der Waals surface area contributed by atoms with Crippen molar-refractivity contribution in [1.82, 2.24) is 9.78 Å². The molecule has 0 saturated heterocycles. The van der Waals surface area contributed by atoms with Gasteiger partial charge in [-0.2, -0.15) is 18.3 Å². The molecule has 2 rings (SSSR count). The molecule has 18 heavy (non-hydrogen) atoms. The molecule has 3 N–H and O–H groups in total. The number of rotatable bonds is 1. The van der Waals surface area contributed by atoms with Gasteiger partial charge < -0.3 is 10.8 Å². The maximum absolute atomic E-state index is 12.9. The molecule has 1 heterocycles. The van der Waals surface area contributed by atoms with Gasteiger partial charge in [0.2, 0.25) is 0 Å². The van der Waals surface area contributed by atoms with Crippen LogP contribution >= 0.6 is 0 Å². The highest BCUT2D eigenvalue weighted by molar-refractivity contribution is 5.77. The standard InChI is InChI=1S/C11H10F3N3O/c1-17-10(15)8(5-16-17)7-3-2-6(18)4-9(7)11(12,13)14/h2-5,18H,15H2,1H3. The number of phenols is 1. The second-order valence-corrected chi connectivity index (χ2v) is 3.79. The molecule has 0 aliphatic heterocycles. The predicted molar refractivity (Wildman–Crippen MR) is 59.7 cm³/mol. The zero-order valence-corrected chi connectivity index (χ0v) is 9.36. The molecule has 7 heteroatoms. The van der Waals surface area contributed by atoms with E-state index in [4.69, 9.17) is 5.73 Å². The summed E-state index contributed by atoms with van der Waals surface area (Å²) in [5.74, 6) is -0.320. The minimum Gasteiger partial charge on any atom is -0.508 e. The number of nitrogens with two attached hydrogens (primary N) is 1. The number of anilines is 1. The van der Waals surface area contributed by atoms with Crippen LogP contribution in [0.2, 0.25) is 0 Å². The maximum Gasteiger partial charge on any atom is 0.417 e. The quantitative estimate of drug-likeness (QED) is 0.824. The Morgan fingerprint density at radius 1 is 1.28 bits per heavy atom. The Balaban J connectivity index is 2.68. The number of aromatic nitrogens is 2. The third kappa shape index (κ3) is 1.99. The predicted octanol–water partition coefficient (Wildman–Crippen LogP) is 2.39. The molecule has 0 aliphatic carbocycles. The molecule has 2 aromatic rings. The normalized spacial score (nSPS) is 11.8. The zero-order valence-electron chi connectivity index (χ0n) is 9.36. The van der Waals surface area contributed by atoms with Gasteiger partial charge in [0.15, 0.2) is 0 Å². The van der Waals surface area contributed by atoms with Gasteiger partial charge in [0.05, 0.1) is 11.8 Å². The first-order valence-electron chi connectivity index (χ1n) is 4.98. The van der Waals surface area contributed by atoms with E-state index in [0.29, 0.717) is 6.07 Å². The monoisotopic (exact) mass is 257 g/mol. The van der Waals surface area contributed by atoms with Crippen molar-refractivity contribution in [2.45, 2.75) is 6.18 Å². The highest BCUT2D eigenvalue weighted by Crippen LogP contribution is 2.40. The van der Waals surface area contributed by atoms with Crippen LogP contribution in [0.15, 0.2) is 24.4 Å². The fourth-order valence-electron chi connectivity index (χ4n) is 1.66. The number of aromatic hydroxyl groups is 1. The number of phenolic OH excluding ortho intramolecular Hbond substituents is 1. The van der Waals surface area contributed by atoms with Gasteiger partial charge in [-0.25, -0.2) is 0 Å². The van der Waals surface area contributed by atoms with Crippen LogP contribution in [0.5, 0.6) is 5.75 Å². The molecule has 0 radical (unpaired) electrons. The lowest BCUT2D eigenvalue weighted by Gasteiger charge is -2.12. The first-order valence-corrected chi connectivity index (χ1v) is 4.98. The van der Waals surface area contributed by atoms with Gasteiger partial charge in [-0.3, -0.25) is 4.68 Å². The van der Waals surface area contributed by atoms with E-state index in [0.717, 1.165) is 0 Å². The molecular weight excluding hydrogens is 247 g/mol. The molecule has 0 saturated carbocycles. The van der Waals surface area contributed by atoms with Gasteiger partial charge in [0.1, 0.15) is 11.6 Å². The summed E-state index contributed by atoms with van der Waals surface area (Å²) < 4.78 is 39.9. The largest absolute Gasteiger partial charge is 0.508 e. The molecule has 4 nitrogen and oxygen atoms in total. The van der Waals surface area contributed by atoms with E-state index in [1.165, 1.54) is 30.1 Å². The maximum atomic E-state index is 12.9. The van der Waals surface area contributed by atoms with Gasteiger partial charge in [-0.05, 0) is 23.8 Å². The van der Waals surface area contributed by atoms with Crippen molar-refractivity contribution in [1.29, 1.82) is 0 Å². The third-order valence-corrected chi connectivity index (χ3v) is 2.58. The van der Waals surface area contributed by atoms with Crippen molar-refractivity contribution in [2.75, 3.05) is 5.73 Å². The lowest BCUT2D eigenvalue weighted by atomic mass is 10.0. The van der Waals surface area contributed by atoms with E-state index in [9.17, 15) is 18.3 Å². The molecule has 0 bridgehead atoms. The topological polar surface area (TPSA) is 64.1 Å². The number of hydrogen-bond donors (Lipinski definition) is 2. The summed E-state index contributed by atoms with van der Waals surface area (Å²) in [7, 11) is 1.53. The Kier molecular flexibility index (Phi) is 2.68. The van der Waals surface area contributed by atoms with Crippen LogP contribution in [-0.4, -0.2) is 14.9 Å². The first-order chi connectivity index (χ1) is 8.30. The van der Waals surface area contributed by atoms with Crippen LogP contribution in [-0.2, 0) is 13.2 Å². The molecule has 0 fully saturated rings. The van der Waals surface area contributed by atoms with Crippen molar-refractivity contribution >= 4 is 5.82 Å². The Labute approximate surface area is 100 Å². The van der Waals surface area contributed by atoms with Gasteiger partial charge >= 0.3 is 6.18 Å². The van der Waals surface area contributed by atoms with E-state index in [-0.39, 0.29) is 16.9 Å². The van der Waals surface area contributed by atoms with E-state index in [1.807, 2.05) is 0 Å². The van der Waals surface area contributed by atoms with E-state index in [1.54, 1.807) is 0 Å². The Bertz CT molecular complexity index is 590. The van der Waals surface area contributed by atoms with Gasteiger partial charge in [0, 0.05) is 12.6 Å². The second-order valence-electron chi connectivity index (χ2n) is 3.79. The zero-order chi connectivity index (χ0) is 13.5. The van der Waals surface area contributed by atoms with E-state index >= 15 is 0 Å². The van der Waals surface area contributed by atoms with Crippen LogP contribution in [0, 0.1) is 0 Å². The number of benzene rings is 1. The third-order valence-electron chi connectivity index (χ3n) is 2.58. The molecule has 96 valence electrons. The Hall–Kier alpha value is -2.18. The molecule has 0 unspecified atom stereocenters. The molecular formula is C11H10F3N3O. The van der Waals surface area contributed by atoms with Crippen molar-refractivity contribution in [3.05, 3.63) is 30.0 Å². The lowest BCUT2D eigenvalue weighted by molar-refractivity contribution is -0.137. The number of aryl methyl sites for hydroxylation is 1. The summed E-state index contributed by atoms with van der Waals surface area (Å²) in [4.78, 5) is 0. The summed E-state index contributed by atoms with van der Waals surface area (Å²) in [5, 5.41) is 13.0. The van der Waals surface area contributed by atoms with E-state index < -0.39 is 17.5 Å². The highest BCUT2D eigenvalue weighted by Gasteiger charge is 2.34. The highest BCUT2D eigenvalue weighted by atomic mass is 19.4. The molecule has 0 spiro atoms. The smallest absolute Gasteiger partial charge is 0.417 e. The summed E-state index contributed by atoms with van der Waals surface area (Å²) in [6.07, 6.45) is -3.31. The second kappa shape index (κ2) is 3.94. The molecule has 0 aliphatic rings. The summed E-state index contributed by atoms with van der Waals surface area (Å²) in [6, 6.07) is 3.02. The average molecular weight is 257 g/mol. The SMILES string of the molecule is Cn1ncc(-c2ccc(O)cc2C(F)(F)F)c1N. The molecule has 0 amide bonds. The van der Waals surface area contributed by atoms with Gasteiger partial charge in [-0.15, -0.1) is 0 Å². The molecule has 1 aromatic carbocycles. The summed E-state index contributed by atoms with van der Waals surface area (Å²) >= 11 is 0. The van der Waals surface area contributed by atoms with Crippen molar-refractivity contribution in [3.8, 4) is 16.9 Å². The summed E-state index contributed by atoms with van der Waals surface area (Å²) in [5.41, 5.74) is 4.79. The average Bonchev–Trinajstić information content (AvgIpc) is 2.59. The Morgan fingerprint density at radius 3 is 2.44 bits per heavy atom. The molecule has 0 atom stereocenters. The minimum absolute atomic E-state index is 0.106. The van der Waals surface area contributed by atoms with Gasteiger partial charge in [0.25, 0.3) is 0 Å². The van der Waals surface area contributed by atoms with E-state index in [2.05, 4.69) is 5.10 Å². The Morgan fingerprint density at radius 2 is 1.94 bits per heavy atom. The number of nitrogens with zero attached hydrogens (tertiary/aromatic N) is 2. The fraction of sp³-hybridized carbons (Fsp3) is 0.182. The number of alkyl halides is 3. The summed E-state index contributed by atoms with van der Waals surface area (Å²) in [6.45, 7) is 0. The minimum atomic E-state index is -4.57. The van der Waals surface area contributed by atoms with Crippen LogP contribution < -0.4 is 5.73 Å². The van der Waals surface area contributed by atoms with Crippen molar-refractivity contribution < 1.29 is 18.3 Å². The van der Waals surface area contributed by atoms with Crippen LogP contribution in [0.1, 0.15) is 5.56 Å². The van der Waals surface area contributed by atoms with Crippen LogP contribution in [0.25, 0.3) is 11.1 Å². The van der Waals surface area contributed by atoms with Crippen molar-refractivity contribution in [2.24, 2.45) is 7.05 Å². The fourth-order valence-corrected chi connectivity index (χ4v) is 1.66. The van der Waals surface area contributed by atoms with Crippen molar-refractivity contribution in [3.63, 3.8) is 0 Å². The molecule has 1 aromatic heterocycles. The first kappa shape index (κ1) is 12.3. The van der Waals surface area contributed by atoms with Gasteiger partial charge in [-0.1, -0.05) is 0 Å². The lowest BCUT2D eigenvalue weighted by Crippen LogP contribution is -2.07.